The molecule has 0 bridgehead atoms. The van der Waals surface area contributed by atoms with Crippen LogP contribution in [0.5, 0.6) is 0 Å². The molecule has 3 rings (SSSR count). The summed E-state index contributed by atoms with van der Waals surface area (Å²) >= 11 is 12.1. The molecule has 0 atom stereocenters. The Balaban J connectivity index is 0.00000144. The molecule has 2 heterocycles. The van der Waals surface area contributed by atoms with E-state index in [1.165, 1.54) is 0 Å². The Morgan fingerprint density at radius 2 is 1.79 bits per heavy atom. The van der Waals surface area contributed by atoms with Crippen molar-refractivity contribution in [2.75, 3.05) is 0 Å². The van der Waals surface area contributed by atoms with Gasteiger partial charge in [0.15, 0.2) is 0 Å². The van der Waals surface area contributed by atoms with Crippen molar-refractivity contribution in [2.45, 2.75) is 13.1 Å². The van der Waals surface area contributed by atoms with Crippen molar-refractivity contribution >= 4 is 48.0 Å². The molecule has 1 N–H and O–H groups in total. The van der Waals surface area contributed by atoms with Crippen molar-refractivity contribution in [1.82, 2.24) is 10.3 Å². The topological polar surface area (TPSA) is 38.1 Å². The number of halogens is 4. The minimum atomic E-state index is 0. The largest absolute Gasteiger partial charge is 0.460 e. The summed E-state index contributed by atoms with van der Waals surface area (Å²) < 4.78 is 5.82. The van der Waals surface area contributed by atoms with Crippen LogP contribution in [0.2, 0.25) is 10.0 Å². The van der Waals surface area contributed by atoms with Crippen LogP contribution in [0.4, 0.5) is 0 Å². The molecule has 128 valence electrons. The average Bonchev–Trinajstić information content (AvgIpc) is 2.97. The number of hydrogen-bond acceptors (Lipinski definition) is 3. The van der Waals surface area contributed by atoms with Crippen LogP contribution in [0.1, 0.15) is 11.5 Å². The third-order valence-corrected chi connectivity index (χ3v) is 3.74. The van der Waals surface area contributed by atoms with Gasteiger partial charge in [-0.1, -0.05) is 29.3 Å². The van der Waals surface area contributed by atoms with Gasteiger partial charge in [-0.15, -0.1) is 24.8 Å². The lowest BCUT2D eigenvalue weighted by Gasteiger charge is -2.03. The maximum absolute atomic E-state index is 6.19. The fourth-order valence-electron chi connectivity index (χ4n) is 2.12. The highest BCUT2D eigenvalue weighted by atomic mass is 35.5. The van der Waals surface area contributed by atoms with Crippen molar-refractivity contribution in [3.05, 3.63) is 76.2 Å². The predicted molar refractivity (Wildman–Crippen MR) is 103 cm³/mol. The second kappa shape index (κ2) is 9.92. The summed E-state index contributed by atoms with van der Waals surface area (Å²) in [4.78, 5) is 4.26. The normalized spacial score (nSPS) is 9.92. The molecule has 2 aromatic heterocycles. The standard InChI is InChI=1S/C17H14Cl2N2O.2ClH/c18-12-4-6-15(16(19)9-12)17-7-5-14(22-17)11-20-10-13-3-1-2-8-21-13;;/h1-9,20H,10-11H2;2*1H. The predicted octanol–water partition coefficient (Wildman–Crippen LogP) is 5.78. The van der Waals surface area contributed by atoms with E-state index in [0.29, 0.717) is 23.1 Å². The second-order valence-corrected chi connectivity index (χ2v) is 5.66. The fourth-order valence-corrected chi connectivity index (χ4v) is 2.63. The third kappa shape index (κ3) is 5.40. The molecule has 0 saturated carbocycles. The maximum atomic E-state index is 6.19. The van der Waals surface area contributed by atoms with Gasteiger partial charge in [-0.2, -0.15) is 0 Å². The van der Waals surface area contributed by atoms with Gasteiger partial charge in [0.25, 0.3) is 0 Å². The van der Waals surface area contributed by atoms with Crippen molar-refractivity contribution in [1.29, 1.82) is 0 Å². The van der Waals surface area contributed by atoms with Gasteiger partial charge < -0.3 is 9.73 Å². The Bertz CT molecular complexity index is 762. The quantitative estimate of drug-likeness (QED) is 0.584. The first kappa shape index (κ1) is 20.8. The molecule has 3 nitrogen and oxygen atoms in total. The highest BCUT2D eigenvalue weighted by molar-refractivity contribution is 6.36. The lowest BCUT2D eigenvalue weighted by atomic mass is 10.2. The second-order valence-electron chi connectivity index (χ2n) is 4.81. The number of hydrogen-bond donors (Lipinski definition) is 1. The highest BCUT2D eigenvalue weighted by Gasteiger charge is 2.09. The number of pyridine rings is 1. The summed E-state index contributed by atoms with van der Waals surface area (Å²) in [5.74, 6) is 1.58. The molecule has 1 aromatic carbocycles. The van der Waals surface area contributed by atoms with Crippen molar-refractivity contribution in [3.63, 3.8) is 0 Å². The minimum Gasteiger partial charge on any atom is -0.460 e. The monoisotopic (exact) mass is 404 g/mol. The molecule has 24 heavy (non-hydrogen) atoms. The number of nitrogens with one attached hydrogen (secondary N) is 1. The van der Waals surface area contributed by atoms with Crippen LogP contribution in [0, 0.1) is 0 Å². The molecule has 0 radical (unpaired) electrons. The smallest absolute Gasteiger partial charge is 0.135 e. The number of rotatable bonds is 5. The van der Waals surface area contributed by atoms with Gasteiger partial charge in [0, 0.05) is 23.3 Å². The first-order valence-electron chi connectivity index (χ1n) is 6.87. The molecular weight excluding hydrogens is 390 g/mol. The van der Waals surface area contributed by atoms with Gasteiger partial charge in [0.05, 0.1) is 17.3 Å². The SMILES string of the molecule is Cl.Cl.Clc1ccc(-c2ccc(CNCc3ccccn3)o2)c(Cl)c1. The van der Waals surface area contributed by atoms with E-state index in [-0.39, 0.29) is 24.8 Å². The zero-order chi connectivity index (χ0) is 15.4. The van der Waals surface area contributed by atoms with Gasteiger partial charge in [-0.05, 0) is 42.5 Å². The van der Waals surface area contributed by atoms with Crippen LogP contribution in [-0.4, -0.2) is 4.98 Å². The molecule has 7 heteroatoms. The lowest BCUT2D eigenvalue weighted by Crippen LogP contribution is -2.12. The van der Waals surface area contributed by atoms with Gasteiger partial charge in [0.1, 0.15) is 11.5 Å². The number of aromatic nitrogens is 1. The average molecular weight is 406 g/mol. The molecule has 3 aromatic rings. The summed E-state index contributed by atoms with van der Waals surface area (Å²) in [6.07, 6.45) is 1.78. The van der Waals surface area contributed by atoms with E-state index in [1.54, 1.807) is 18.3 Å². The molecule has 0 aliphatic heterocycles. The zero-order valence-corrected chi connectivity index (χ0v) is 15.7. The Hall–Kier alpha value is -1.23. The number of furan rings is 1. The van der Waals surface area contributed by atoms with Crippen LogP contribution in [-0.2, 0) is 13.1 Å². The van der Waals surface area contributed by atoms with Crippen LogP contribution in [0.3, 0.4) is 0 Å². The van der Waals surface area contributed by atoms with Gasteiger partial charge in [-0.25, -0.2) is 0 Å². The molecule has 0 aliphatic carbocycles. The van der Waals surface area contributed by atoms with Crippen molar-refractivity contribution in [3.8, 4) is 11.3 Å². The van der Waals surface area contributed by atoms with Crippen molar-refractivity contribution < 1.29 is 4.42 Å². The Labute approximate surface area is 163 Å². The summed E-state index contributed by atoms with van der Waals surface area (Å²) in [5.41, 5.74) is 1.83. The van der Waals surface area contributed by atoms with Gasteiger partial charge in [-0.3, -0.25) is 4.98 Å². The summed E-state index contributed by atoms with van der Waals surface area (Å²) in [6, 6.07) is 15.1. The van der Waals surface area contributed by atoms with Crippen LogP contribution < -0.4 is 5.32 Å². The Morgan fingerprint density at radius 1 is 0.958 bits per heavy atom. The van der Waals surface area contributed by atoms with E-state index in [0.717, 1.165) is 22.8 Å². The van der Waals surface area contributed by atoms with E-state index in [1.807, 2.05) is 36.4 Å². The molecule has 0 amide bonds. The van der Waals surface area contributed by atoms with Crippen LogP contribution >= 0.6 is 48.0 Å². The van der Waals surface area contributed by atoms with E-state index >= 15 is 0 Å². The number of benzene rings is 1. The zero-order valence-electron chi connectivity index (χ0n) is 12.5. The highest BCUT2D eigenvalue weighted by Crippen LogP contribution is 2.31. The molecule has 0 saturated heterocycles. The summed E-state index contributed by atoms with van der Waals surface area (Å²) in [7, 11) is 0. The Kier molecular flexibility index (Phi) is 8.60. The Morgan fingerprint density at radius 3 is 2.50 bits per heavy atom. The molecule has 0 spiro atoms. The summed E-state index contributed by atoms with van der Waals surface area (Å²) in [6.45, 7) is 1.32. The fraction of sp³-hybridized carbons (Fsp3) is 0.118. The first-order valence-corrected chi connectivity index (χ1v) is 7.63. The molecule has 0 unspecified atom stereocenters. The first-order chi connectivity index (χ1) is 10.7. The van der Waals surface area contributed by atoms with Gasteiger partial charge in [0.2, 0.25) is 0 Å². The maximum Gasteiger partial charge on any atom is 0.135 e. The number of nitrogens with zero attached hydrogens (tertiary/aromatic N) is 1. The van der Waals surface area contributed by atoms with Crippen LogP contribution in [0.15, 0.2) is 59.1 Å². The van der Waals surface area contributed by atoms with E-state index < -0.39 is 0 Å². The molecule has 0 fully saturated rings. The third-order valence-electron chi connectivity index (χ3n) is 3.19. The summed E-state index contributed by atoms with van der Waals surface area (Å²) in [5, 5.41) is 4.48. The van der Waals surface area contributed by atoms with Gasteiger partial charge >= 0.3 is 0 Å². The minimum absolute atomic E-state index is 0. The lowest BCUT2D eigenvalue weighted by molar-refractivity contribution is 0.492. The molecular formula is C17H16Cl4N2O. The van der Waals surface area contributed by atoms with Crippen molar-refractivity contribution in [2.24, 2.45) is 0 Å². The van der Waals surface area contributed by atoms with E-state index in [2.05, 4.69) is 10.3 Å². The molecule has 0 aliphatic rings. The van der Waals surface area contributed by atoms with Crippen LogP contribution in [0.25, 0.3) is 11.3 Å². The van der Waals surface area contributed by atoms with E-state index in [4.69, 9.17) is 27.6 Å². The van der Waals surface area contributed by atoms with E-state index in [9.17, 15) is 0 Å².